The predicted molar refractivity (Wildman–Crippen MR) is 81.1 cm³/mol. The van der Waals surface area contributed by atoms with Gasteiger partial charge in [0.2, 0.25) is 10.0 Å². The summed E-state index contributed by atoms with van der Waals surface area (Å²) >= 11 is 0. The molecule has 1 saturated heterocycles. The third kappa shape index (κ3) is 2.89. The molecule has 0 N–H and O–H groups in total. The second-order valence-corrected chi connectivity index (χ2v) is 7.46. The Labute approximate surface area is 130 Å². The average molecular weight is 321 g/mol. The maximum absolute atomic E-state index is 12.8. The Morgan fingerprint density at radius 3 is 2.41 bits per heavy atom. The van der Waals surface area contributed by atoms with Crippen LogP contribution in [0.25, 0.3) is 5.69 Å². The van der Waals surface area contributed by atoms with Crippen LogP contribution in [-0.2, 0) is 10.0 Å². The molecule has 1 fully saturated rings. The molecule has 118 valence electrons. The van der Waals surface area contributed by atoms with Crippen LogP contribution in [0.5, 0.6) is 0 Å². The van der Waals surface area contributed by atoms with Gasteiger partial charge in [-0.05, 0) is 54.0 Å². The van der Waals surface area contributed by atoms with E-state index in [-0.39, 0.29) is 0 Å². The lowest BCUT2D eigenvalue weighted by atomic mass is 10.2. The molecule has 2 aromatic rings. The van der Waals surface area contributed by atoms with Crippen LogP contribution in [0.2, 0.25) is 0 Å². The Bertz CT molecular complexity index is 735. The minimum Gasteiger partial charge on any atom is -0.207 e. The monoisotopic (exact) mass is 321 g/mol. The van der Waals surface area contributed by atoms with Gasteiger partial charge < -0.3 is 0 Å². The number of tetrazole rings is 1. The van der Waals surface area contributed by atoms with E-state index in [4.69, 9.17) is 0 Å². The largest absolute Gasteiger partial charge is 0.243 e. The number of hydrogen-bond acceptors (Lipinski definition) is 5. The number of benzene rings is 1. The quantitative estimate of drug-likeness (QED) is 0.856. The minimum atomic E-state index is -3.42. The highest BCUT2D eigenvalue weighted by Crippen LogP contribution is 2.23. The summed E-state index contributed by atoms with van der Waals surface area (Å²) in [6.07, 6.45) is 5.56. The molecule has 7 nitrogen and oxygen atoms in total. The van der Waals surface area contributed by atoms with Gasteiger partial charge in [0.05, 0.1) is 10.6 Å². The molecular formula is C14H19N5O2S. The zero-order valence-electron chi connectivity index (χ0n) is 12.5. The lowest BCUT2D eigenvalue weighted by molar-refractivity contribution is 0.423. The van der Waals surface area contributed by atoms with Crippen LogP contribution < -0.4 is 0 Å². The van der Waals surface area contributed by atoms with Gasteiger partial charge >= 0.3 is 0 Å². The highest BCUT2D eigenvalue weighted by atomic mass is 32.2. The summed E-state index contributed by atoms with van der Waals surface area (Å²) in [7, 11) is -3.42. The van der Waals surface area contributed by atoms with Gasteiger partial charge in [0, 0.05) is 13.1 Å². The summed E-state index contributed by atoms with van der Waals surface area (Å²) in [6.45, 7) is 3.07. The molecule has 0 aliphatic carbocycles. The van der Waals surface area contributed by atoms with Crippen molar-refractivity contribution >= 4 is 10.0 Å². The third-order valence-electron chi connectivity index (χ3n) is 3.97. The predicted octanol–water partition coefficient (Wildman–Crippen LogP) is 1.54. The van der Waals surface area contributed by atoms with Crippen molar-refractivity contribution in [2.75, 3.05) is 13.1 Å². The smallest absolute Gasteiger partial charge is 0.207 e. The maximum Gasteiger partial charge on any atom is 0.243 e. The summed E-state index contributed by atoms with van der Waals surface area (Å²) in [4.78, 5) is 0.337. The van der Waals surface area contributed by atoms with Gasteiger partial charge in [0.15, 0.2) is 0 Å². The van der Waals surface area contributed by atoms with Gasteiger partial charge in [-0.3, -0.25) is 0 Å². The van der Waals surface area contributed by atoms with Crippen molar-refractivity contribution in [3.05, 3.63) is 30.1 Å². The molecule has 1 aliphatic rings. The molecule has 1 aromatic heterocycles. The van der Waals surface area contributed by atoms with Crippen LogP contribution in [0.3, 0.4) is 0 Å². The van der Waals surface area contributed by atoms with Crippen molar-refractivity contribution in [2.24, 2.45) is 0 Å². The van der Waals surface area contributed by atoms with Gasteiger partial charge in [-0.15, -0.1) is 5.10 Å². The topological polar surface area (TPSA) is 81.0 Å². The Kier molecular flexibility index (Phi) is 4.21. The summed E-state index contributed by atoms with van der Waals surface area (Å²) in [6, 6.07) is 5.07. The Hall–Kier alpha value is -1.80. The molecule has 8 heteroatoms. The third-order valence-corrected chi connectivity index (χ3v) is 5.86. The lowest BCUT2D eigenvalue weighted by Crippen LogP contribution is -2.32. The highest BCUT2D eigenvalue weighted by molar-refractivity contribution is 7.89. The van der Waals surface area contributed by atoms with Crippen molar-refractivity contribution in [3.8, 4) is 5.69 Å². The van der Waals surface area contributed by atoms with Crippen LogP contribution in [0.15, 0.2) is 29.4 Å². The van der Waals surface area contributed by atoms with E-state index in [9.17, 15) is 8.42 Å². The van der Waals surface area contributed by atoms with E-state index in [2.05, 4.69) is 15.5 Å². The first kappa shape index (κ1) is 15.1. The molecular weight excluding hydrogens is 302 g/mol. The van der Waals surface area contributed by atoms with Crippen molar-refractivity contribution < 1.29 is 8.42 Å². The first-order chi connectivity index (χ1) is 10.6. The van der Waals surface area contributed by atoms with Gasteiger partial charge in [0.1, 0.15) is 6.33 Å². The van der Waals surface area contributed by atoms with E-state index in [1.54, 1.807) is 22.5 Å². The molecule has 0 bridgehead atoms. The molecule has 1 aliphatic heterocycles. The summed E-state index contributed by atoms with van der Waals surface area (Å²) in [5.74, 6) is 0. The fourth-order valence-corrected chi connectivity index (χ4v) is 4.35. The maximum atomic E-state index is 12.8. The van der Waals surface area contributed by atoms with E-state index in [1.165, 1.54) is 11.0 Å². The van der Waals surface area contributed by atoms with Gasteiger partial charge in [0.25, 0.3) is 0 Å². The van der Waals surface area contributed by atoms with E-state index in [1.807, 2.05) is 6.92 Å². The van der Waals surface area contributed by atoms with E-state index in [0.29, 0.717) is 18.0 Å². The van der Waals surface area contributed by atoms with Crippen LogP contribution in [0.1, 0.15) is 31.2 Å². The lowest BCUT2D eigenvalue weighted by Gasteiger charge is -2.20. The molecule has 0 saturated carbocycles. The molecule has 22 heavy (non-hydrogen) atoms. The van der Waals surface area contributed by atoms with Gasteiger partial charge in [-0.1, -0.05) is 12.8 Å². The number of aromatic nitrogens is 4. The number of rotatable bonds is 3. The van der Waals surface area contributed by atoms with E-state index >= 15 is 0 Å². The zero-order valence-corrected chi connectivity index (χ0v) is 13.3. The van der Waals surface area contributed by atoms with Crippen LogP contribution >= 0.6 is 0 Å². The van der Waals surface area contributed by atoms with E-state index in [0.717, 1.165) is 36.9 Å². The zero-order chi connectivity index (χ0) is 15.6. The highest BCUT2D eigenvalue weighted by Gasteiger charge is 2.25. The molecule has 0 atom stereocenters. The summed E-state index contributed by atoms with van der Waals surface area (Å²) < 4.78 is 28.7. The fraction of sp³-hybridized carbons (Fsp3) is 0.500. The number of hydrogen-bond donors (Lipinski definition) is 0. The minimum absolute atomic E-state index is 0.337. The first-order valence-corrected chi connectivity index (χ1v) is 8.87. The molecule has 0 radical (unpaired) electrons. The van der Waals surface area contributed by atoms with Crippen molar-refractivity contribution in [1.29, 1.82) is 0 Å². The first-order valence-electron chi connectivity index (χ1n) is 7.43. The SMILES string of the molecule is Cc1cc(S(=O)(=O)N2CCCCCC2)ccc1-n1cnnn1. The van der Waals surface area contributed by atoms with Crippen molar-refractivity contribution in [3.63, 3.8) is 0 Å². The molecule has 3 rings (SSSR count). The number of sulfonamides is 1. The normalized spacial score (nSPS) is 17.3. The average Bonchev–Trinajstić information content (AvgIpc) is 2.88. The number of nitrogens with zero attached hydrogens (tertiary/aromatic N) is 5. The second-order valence-electron chi connectivity index (χ2n) is 5.52. The number of aryl methyl sites for hydroxylation is 1. The molecule has 1 aromatic carbocycles. The van der Waals surface area contributed by atoms with Gasteiger partial charge in [-0.25, -0.2) is 13.1 Å². The van der Waals surface area contributed by atoms with Crippen LogP contribution in [0, 0.1) is 6.92 Å². The molecule has 0 spiro atoms. The molecule has 0 unspecified atom stereocenters. The summed E-state index contributed by atoms with van der Waals surface area (Å²) in [5, 5.41) is 11.0. The van der Waals surface area contributed by atoms with Crippen molar-refractivity contribution in [1.82, 2.24) is 24.5 Å². The van der Waals surface area contributed by atoms with Crippen molar-refractivity contribution in [2.45, 2.75) is 37.5 Å². The van der Waals surface area contributed by atoms with Gasteiger partial charge in [-0.2, -0.15) is 4.31 Å². The summed E-state index contributed by atoms with van der Waals surface area (Å²) in [5.41, 5.74) is 1.60. The Balaban J connectivity index is 1.92. The second kappa shape index (κ2) is 6.13. The van der Waals surface area contributed by atoms with Crippen LogP contribution in [0.4, 0.5) is 0 Å². The van der Waals surface area contributed by atoms with E-state index < -0.39 is 10.0 Å². The standard InChI is InChI=1S/C14H19N5O2S/c1-12-10-13(6-7-14(12)19-11-15-16-17-19)22(20,21)18-8-4-2-3-5-9-18/h6-7,10-11H,2-5,8-9H2,1H3. The fourth-order valence-electron chi connectivity index (χ4n) is 2.75. The Morgan fingerprint density at radius 2 is 1.82 bits per heavy atom. The molecule has 2 heterocycles. The molecule has 0 amide bonds. The van der Waals surface area contributed by atoms with Crippen LogP contribution in [-0.4, -0.2) is 46.0 Å². The Morgan fingerprint density at radius 1 is 1.09 bits per heavy atom.